The Morgan fingerprint density at radius 1 is 0.938 bits per heavy atom. The zero-order valence-corrected chi connectivity index (χ0v) is 17.5. The van der Waals surface area contributed by atoms with Crippen LogP contribution in [0.3, 0.4) is 0 Å². The summed E-state index contributed by atoms with van der Waals surface area (Å²) in [5, 5.41) is 12.1. The highest BCUT2D eigenvalue weighted by Gasteiger charge is 2.34. The highest BCUT2D eigenvalue weighted by atomic mass is 16.6. The van der Waals surface area contributed by atoms with E-state index in [4.69, 9.17) is 9.47 Å². The summed E-state index contributed by atoms with van der Waals surface area (Å²) in [4.78, 5) is 40.2. The molecule has 2 N–H and O–H groups in total. The summed E-state index contributed by atoms with van der Waals surface area (Å²) < 4.78 is 11.4. The van der Waals surface area contributed by atoms with Crippen molar-refractivity contribution in [3.8, 4) is 11.5 Å². The quantitative estimate of drug-likeness (QED) is 0.729. The minimum atomic E-state index is -1.09. The maximum Gasteiger partial charge on any atom is 0.326 e. The Morgan fingerprint density at radius 2 is 1.56 bits per heavy atom. The zero-order valence-electron chi connectivity index (χ0n) is 17.5. The van der Waals surface area contributed by atoms with E-state index in [9.17, 15) is 19.5 Å². The molecule has 1 saturated heterocycles. The van der Waals surface area contributed by atoms with Crippen molar-refractivity contribution < 1.29 is 29.0 Å². The fourth-order valence-electron chi connectivity index (χ4n) is 3.76. The highest BCUT2D eigenvalue weighted by molar-refractivity contribution is 5.84. The number of carboxylic acid groups (broad SMARTS) is 1. The predicted octanol–water partition coefficient (Wildman–Crippen LogP) is 1.38. The second kappa shape index (κ2) is 9.59. The lowest BCUT2D eigenvalue weighted by atomic mass is 10.1. The van der Waals surface area contributed by atoms with Gasteiger partial charge in [0.2, 0.25) is 6.10 Å². The Kier molecular flexibility index (Phi) is 6.44. The molecule has 0 aliphatic carbocycles. The van der Waals surface area contributed by atoms with Gasteiger partial charge in [0.15, 0.2) is 11.5 Å². The summed E-state index contributed by atoms with van der Waals surface area (Å²) in [7, 11) is 0. The van der Waals surface area contributed by atoms with Gasteiger partial charge in [0.25, 0.3) is 5.91 Å². The van der Waals surface area contributed by atoms with Gasteiger partial charge in [0, 0.05) is 32.6 Å². The number of rotatable bonds is 5. The predicted molar refractivity (Wildman–Crippen MR) is 115 cm³/mol. The molecule has 4 rings (SSSR count). The number of amides is 3. The average Bonchev–Trinajstić information content (AvgIpc) is 2.83. The molecule has 168 valence electrons. The molecule has 0 aromatic heterocycles. The third-order valence-electron chi connectivity index (χ3n) is 5.54. The molecule has 0 bridgehead atoms. The van der Waals surface area contributed by atoms with Crippen LogP contribution in [0.25, 0.3) is 0 Å². The monoisotopic (exact) mass is 439 g/mol. The van der Waals surface area contributed by atoms with E-state index in [0.717, 1.165) is 5.56 Å². The van der Waals surface area contributed by atoms with Crippen LogP contribution in [0.5, 0.6) is 11.5 Å². The van der Waals surface area contributed by atoms with Gasteiger partial charge in [-0.2, -0.15) is 0 Å². The first-order valence-electron chi connectivity index (χ1n) is 10.5. The van der Waals surface area contributed by atoms with Crippen LogP contribution >= 0.6 is 0 Å². The van der Waals surface area contributed by atoms with Crippen molar-refractivity contribution in [2.45, 2.75) is 18.6 Å². The minimum Gasteiger partial charge on any atom is -0.485 e. The van der Waals surface area contributed by atoms with E-state index in [1.54, 1.807) is 17.0 Å². The van der Waals surface area contributed by atoms with Gasteiger partial charge in [-0.3, -0.25) is 4.79 Å². The fraction of sp³-hybridized carbons (Fsp3) is 0.348. The van der Waals surface area contributed by atoms with Crippen LogP contribution in [-0.2, 0) is 16.0 Å². The Labute approximate surface area is 185 Å². The summed E-state index contributed by atoms with van der Waals surface area (Å²) in [6, 6.07) is 14.9. The van der Waals surface area contributed by atoms with Crippen LogP contribution in [-0.4, -0.2) is 77.7 Å². The van der Waals surface area contributed by atoms with Crippen molar-refractivity contribution in [1.82, 2.24) is 15.1 Å². The zero-order chi connectivity index (χ0) is 22.5. The molecule has 3 amide bonds. The smallest absolute Gasteiger partial charge is 0.326 e. The van der Waals surface area contributed by atoms with Crippen molar-refractivity contribution in [2.24, 2.45) is 0 Å². The largest absolute Gasteiger partial charge is 0.485 e. The summed E-state index contributed by atoms with van der Waals surface area (Å²) in [6.45, 7) is 1.42. The molecule has 2 aromatic rings. The minimum absolute atomic E-state index is 0.135. The Balaban J connectivity index is 1.28. The van der Waals surface area contributed by atoms with Crippen molar-refractivity contribution in [3.05, 3.63) is 60.2 Å². The second-order valence-corrected chi connectivity index (χ2v) is 7.71. The number of urea groups is 1. The number of para-hydroxylation sites is 2. The molecule has 9 heteroatoms. The van der Waals surface area contributed by atoms with E-state index in [1.807, 2.05) is 42.5 Å². The summed E-state index contributed by atoms with van der Waals surface area (Å²) in [5.41, 5.74) is 0.826. The Hall–Kier alpha value is -3.75. The number of hydrogen-bond acceptors (Lipinski definition) is 5. The molecular weight excluding hydrogens is 414 g/mol. The number of hydrogen-bond donors (Lipinski definition) is 2. The van der Waals surface area contributed by atoms with Crippen LogP contribution in [0.1, 0.15) is 5.56 Å². The van der Waals surface area contributed by atoms with E-state index in [-0.39, 0.29) is 18.9 Å². The van der Waals surface area contributed by atoms with Gasteiger partial charge in [-0.15, -0.1) is 0 Å². The van der Waals surface area contributed by atoms with E-state index in [0.29, 0.717) is 37.7 Å². The van der Waals surface area contributed by atoms with Crippen molar-refractivity contribution in [3.63, 3.8) is 0 Å². The maximum atomic E-state index is 12.8. The normalized spacial score (nSPS) is 18.6. The molecule has 0 saturated carbocycles. The second-order valence-electron chi connectivity index (χ2n) is 7.71. The summed E-state index contributed by atoms with van der Waals surface area (Å²) in [5.74, 6) is -0.132. The van der Waals surface area contributed by atoms with Gasteiger partial charge < -0.3 is 29.7 Å². The van der Waals surface area contributed by atoms with E-state index in [2.05, 4.69) is 5.32 Å². The fourth-order valence-corrected chi connectivity index (χ4v) is 3.76. The van der Waals surface area contributed by atoms with Crippen molar-refractivity contribution in [1.29, 1.82) is 0 Å². The molecule has 2 unspecified atom stereocenters. The number of piperazine rings is 1. The van der Waals surface area contributed by atoms with Crippen molar-refractivity contribution in [2.75, 3.05) is 32.8 Å². The van der Waals surface area contributed by atoms with Gasteiger partial charge >= 0.3 is 12.0 Å². The highest BCUT2D eigenvalue weighted by Crippen LogP contribution is 2.31. The molecule has 2 aliphatic heterocycles. The van der Waals surface area contributed by atoms with Gasteiger partial charge in [0.05, 0.1) is 0 Å². The van der Waals surface area contributed by atoms with E-state index >= 15 is 0 Å². The van der Waals surface area contributed by atoms with Crippen LogP contribution in [0, 0.1) is 0 Å². The lowest BCUT2D eigenvalue weighted by Gasteiger charge is -2.37. The van der Waals surface area contributed by atoms with Crippen molar-refractivity contribution >= 4 is 17.9 Å². The lowest BCUT2D eigenvalue weighted by molar-refractivity contribution is -0.142. The lowest BCUT2D eigenvalue weighted by Crippen LogP contribution is -2.58. The summed E-state index contributed by atoms with van der Waals surface area (Å²) >= 11 is 0. The summed E-state index contributed by atoms with van der Waals surface area (Å²) in [6.07, 6.45) is -0.534. The van der Waals surface area contributed by atoms with Gasteiger partial charge in [-0.05, 0) is 17.7 Å². The van der Waals surface area contributed by atoms with Gasteiger partial charge in [0.1, 0.15) is 12.6 Å². The Morgan fingerprint density at radius 3 is 2.25 bits per heavy atom. The molecule has 1 fully saturated rings. The molecule has 2 aromatic carbocycles. The third kappa shape index (κ3) is 4.93. The molecule has 2 heterocycles. The van der Waals surface area contributed by atoms with E-state index in [1.165, 1.54) is 4.90 Å². The van der Waals surface area contributed by atoms with Gasteiger partial charge in [-0.1, -0.05) is 42.5 Å². The number of nitrogens with zero attached hydrogens (tertiary/aromatic N) is 2. The SMILES string of the molecule is O=C(O)C(Cc1ccccc1)NC(=O)N1CCN(C(=O)C2COc3ccccc3O2)CC1. The molecule has 9 nitrogen and oxygen atoms in total. The topological polar surface area (TPSA) is 108 Å². The number of carbonyl (C=O) groups is 3. The maximum absolute atomic E-state index is 12.8. The third-order valence-corrected chi connectivity index (χ3v) is 5.54. The van der Waals surface area contributed by atoms with E-state index < -0.39 is 24.1 Å². The number of nitrogens with one attached hydrogen (secondary N) is 1. The molecule has 0 radical (unpaired) electrons. The molecular formula is C23H25N3O6. The number of carbonyl (C=O) groups excluding carboxylic acids is 2. The Bertz CT molecular complexity index is 975. The number of fused-ring (bicyclic) bond motifs is 1. The first-order valence-corrected chi connectivity index (χ1v) is 10.5. The number of aliphatic carboxylic acids is 1. The molecule has 2 atom stereocenters. The van der Waals surface area contributed by atoms with Crippen LogP contribution in [0.2, 0.25) is 0 Å². The molecule has 2 aliphatic rings. The number of ether oxygens (including phenoxy) is 2. The average molecular weight is 439 g/mol. The standard InChI is InChI=1S/C23H25N3O6/c27-21(20-15-31-18-8-4-5-9-19(18)32-20)25-10-12-26(13-11-25)23(30)24-17(22(28)29)14-16-6-2-1-3-7-16/h1-9,17,20H,10-15H2,(H,24,30)(H,28,29). The van der Waals surface area contributed by atoms with Gasteiger partial charge in [-0.25, -0.2) is 9.59 Å². The molecule has 0 spiro atoms. The van der Waals surface area contributed by atoms with Crippen LogP contribution in [0.15, 0.2) is 54.6 Å². The van der Waals surface area contributed by atoms with Crippen LogP contribution < -0.4 is 14.8 Å². The first-order chi connectivity index (χ1) is 15.5. The number of carboxylic acids is 1. The first kappa shape index (κ1) is 21.5. The molecule has 32 heavy (non-hydrogen) atoms. The number of benzene rings is 2. The van der Waals surface area contributed by atoms with Crippen LogP contribution in [0.4, 0.5) is 4.79 Å².